The van der Waals surface area contributed by atoms with Crippen LogP contribution in [0.5, 0.6) is 5.75 Å². The number of carboxylic acids is 1. The zero-order chi connectivity index (χ0) is 26.9. The van der Waals surface area contributed by atoms with E-state index in [1.54, 1.807) is 18.2 Å². The number of para-hydroxylation sites is 1. The van der Waals surface area contributed by atoms with Crippen molar-refractivity contribution < 1.29 is 15.0 Å². The van der Waals surface area contributed by atoms with Crippen LogP contribution in [-0.2, 0) is 4.79 Å². The highest BCUT2D eigenvalue weighted by Crippen LogP contribution is 2.33. The van der Waals surface area contributed by atoms with Gasteiger partial charge < -0.3 is 20.8 Å². The third kappa shape index (κ3) is 5.07. The summed E-state index contributed by atoms with van der Waals surface area (Å²) in [6.45, 7) is 3.22. The van der Waals surface area contributed by atoms with Gasteiger partial charge in [0, 0.05) is 31.0 Å². The second kappa shape index (κ2) is 10.4. The fourth-order valence-corrected chi connectivity index (χ4v) is 5.69. The van der Waals surface area contributed by atoms with Crippen molar-refractivity contribution in [1.29, 1.82) is 0 Å². The molecule has 5 heterocycles. The van der Waals surface area contributed by atoms with Gasteiger partial charge in [-0.3, -0.25) is 14.4 Å². The van der Waals surface area contributed by atoms with Gasteiger partial charge in [0.1, 0.15) is 5.75 Å². The molecule has 12 heteroatoms. The summed E-state index contributed by atoms with van der Waals surface area (Å²) in [5.41, 5.74) is 9.84. The second-order valence-corrected chi connectivity index (χ2v) is 10.3. The van der Waals surface area contributed by atoms with E-state index >= 15 is 0 Å². The number of phenols is 1. The van der Waals surface area contributed by atoms with Crippen LogP contribution in [0.25, 0.3) is 22.3 Å². The summed E-state index contributed by atoms with van der Waals surface area (Å²) in [6, 6.07) is 9.08. The Hall–Kier alpha value is -4.32. The van der Waals surface area contributed by atoms with Crippen LogP contribution in [0.15, 0.2) is 42.7 Å². The van der Waals surface area contributed by atoms with Crippen LogP contribution in [0.1, 0.15) is 43.2 Å². The Kier molecular flexibility index (Phi) is 6.69. The topological polar surface area (TPSA) is 159 Å². The third-order valence-electron chi connectivity index (χ3n) is 7.83. The lowest BCUT2D eigenvalue weighted by molar-refractivity contribution is -0.138. The lowest BCUT2D eigenvalue weighted by Gasteiger charge is -2.33. The SMILES string of the molecule is Nc1nn(C2CCN(c3ncc(C4CCN(CC(=O)O)CC4)cn3)CC2)c2cc(-c3ccccc3O)nnc12. The zero-order valence-electron chi connectivity index (χ0n) is 21.5. The van der Waals surface area contributed by atoms with Crippen LogP contribution >= 0.6 is 0 Å². The first kappa shape index (κ1) is 25.0. The summed E-state index contributed by atoms with van der Waals surface area (Å²) < 4.78 is 1.95. The maximum Gasteiger partial charge on any atom is 0.317 e. The van der Waals surface area contributed by atoms with E-state index in [0.29, 0.717) is 28.5 Å². The van der Waals surface area contributed by atoms with Crippen LogP contribution in [0, 0.1) is 0 Å². The molecule has 0 bridgehead atoms. The van der Waals surface area contributed by atoms with Crippen molar-refractivity contribution in [2.75, 3.05) is 43.4 Å². The maximum absolute atomic E-state index is 11.0. The molecule has 39 heavy (non-hydrogen) atoms. The maximum atomic E-state index is 11.0. The van der Waals surface area contributed by atoms with Gasteiger partial charge in [0.2, 0.25) is 5.95 Å². The minimum atomic E-state index is -0.778. The number of aliphatic carboxylic acids is 1. The Morgan fingerprint density at radius 3 is 2.41 bits per heavy atom. The van der Waals surface area contributed by atoms with E-state index in [9.17, 15) is 9.90 Å². The number of anilines is 2. The summed E-state index contributed by atoms with van der Waals surface area (Å²) in [5, 5.41) is 32.5. The van der Waals surface area contributed by atoms with Crippen molar-refractivity contribution in [3.63, 3.8) is 0 Å². The number of rotatable bonds is 6. The Balaban J connectivity index is 1.12. The van der Waals surface area contributed by atoms with E-state index in [1.807, 2.05) is 34.1 Å². The molecule has 202 valence electrons. The first-order chi connectivity index (χ1) is 19.0. The highest BCUT2D eigenvalue weighted by molar-refractivity contribution is 5.87. The number of aromatic hydroxyl groups is 1. The molecular formula is C27H31N9O3. The molecule has 1 aromatic carbocycles. The van der Waals surface area contributed by atoms with Crippen LogP contribution in [0.3, 0.4) is 0 Å². The molecule has 0 atom stereocenters. The molecule has 3 aromatic heterocycles. The van der Waals surface area contributed by atoms with Crippen LogP contribution in [-0.4, -0.2) is 83.8 Å². The van der Waals surface area contributed by atoms with Crippen molar-refractivity contribution >= 4 is 28.8 Å². The smallest absolute Gasteiger partial charge is 0.317 e. The minimum Gasteiger partial charge on any atom is -0.507 e. The fourth-order valence-electron chi connectivity index (χ4n) is 5.69. The molecule has 0 amide bonds. The van der Waals surface area contributed by atoms with Gasteiger partial charge in [0.25, 0.3) is 0 Å². The standard InChI is InChI=1S/C27H31N9O3/c28-26-25-22(13-21(31-32-25)20-3-1-2-4-23(20)37)36(33-26)19-7-11-35(12-8-19)27-29-14-18(15-30-27)17-5-9-34(10-6-17)16-24(38)39/h1-4,13-15,17,19,37H,5-12,16H2,(H2,28,33)(H,38,39). The average Bonchev–Trinajstić information content (AvgIpc) is 3.29. The summed E-state index contributed by atoms with van der Waals surface area (Å²) >= 11 is 0. The number of nitrogens with two attached hydrogens (primary N) is 1. The Morgan fingerprint density at radius 2 is 1.72 bits per heavy atom. The predicted molar refractivity (Wildman–Crippen MR) is 145 cm³/mol. The van der Waals surface area contributed by atoms with E-state index in [2.05, 4.69) is 30.2 Å². The lowest BCUT2D eigenvalue weighted by Crippen LogP contribution is -2.37. The largest absolute Gasteiger partial charge is 0.507 e. The normalized spacial score (nSPS) is 17.6. The highest BCUT2D eigenvalue weighted by Gasteiger charge is 2.27. The number of hydrogen-bond acceptors (Lipinski definition) is 10. The van der Waals surface area contributed by atoms with Crippen molar-refractivity contribution in [1.82, 2.24) is 34.8 Å². The van der Waals surface area contributed by atoms with E-state index in [0.717, 1.165) is 68.9 Å². The molecule has 2 aliphatic heterocycles. The van der Waals surface area contributed by atoms with Crippen molar-refractivity contribution in [3.8, 4) is 17.0 Å². The van der Waals surface area contributed by atoms with Crippen molar-refractivity contribution in [2.24, 2.45) is 0 Å². The number of fused-ring (bicyclic) bond motifs is 1. The molecule has 0 unspecified atom stereocenters. The number of benzene rings is 1. The van der Waals surface area contributed by atoms with Crippen LogP contribution in [0.2, 0.25) is 0 Å². The molecule has 2 saturated heterocycles. The molecule has 0 spiro atoms. The lowest BCUT2D eigenvalue weighted by atomic mass is 9.91. The number of carboxylic acid groups (broad SMARTS) is 1. The molecule has 2 fully saturated rings. The number of nitrogens with zero attached hydrogens (tertiary/aromatic N) is 8. The number of nitrogen functional groups attached to an aromatic ring is 1. The number of piperidine rings is 2. The summed E-state index contributed by atoms with van der Waals surface area (Å²) in [5.74, 6) is 0.793. The third-order valence-corrected chi connectivity index (χ3v) is 7.83. The average molecular weight is 530 g/mol. The Morgan fingerprint density at radius 1 is 1.00 bits per heavy atom. The quantitative estimate of drug-likeness (QED) is 0.337. The van der Waals surface area contributed by atoms with E-state index in [-0.39, 0.29) is 18.3 Å². The fraction of sp³-hybridized carbons (Fsp3) is 0.407. The number of hydrogen-bond donors (Lipinski definition) is 3. The zero-order valence-corrected chi connectivity index (χ0v) is 21.5. The summed E-state index contributed by atoms with van der Waals surface area (Å²) in [4.78, 5) is 24.5. The second-order valence-electron chi connectivity index (χ2n) is 10.3. The van der Waals surface area contributed by atoms with E-state index in [1.165, 1.54) is 0 Å². The molecular weight excluding hydrogens is 498 g/mol. The molecule has 2 aliphatic rings. The van der Waals surface area contributed by atoms with E-state index in [4.69, 9.17) is 10.8 Å². The molecule has 4 aromatic rings. The monoisotopic (exact) mass is 529 g/mol. The first-order valence-electron chi connectivity index (χ1n) is 13.3. The number of aromatic nitrogens is 6. The first-order valence-corrected chi connectivity index (χ1v) is 13.3. The molecule has 12 nitrogen and oxygen atoms in total. The van der Waals surface area contributed by atoms with Gasteiger partial charge in [-0.1, -0.05) is 12.1 Å². The van der Waals surface area contributed by atoms with Crippen LogP contribution < -0.4 is 10.6 Å². The van der Waals surface area contributed by atoms with Crippen molar-refractivity contribution in [3.05, 3.63) is 48.3 Å². The van der Waals surface area contributed by atoms with Gasteiger partial charge in [-0.15, -0.1) is 10.2 Å². The highest BCUT2D eigenvalue weighted by atomic mass is 16.4. The van der Waals surface area contributed by atoms with E-state index < -0.39 is 5.97 Å². The van der Waals surface area contributed by atoms with Crippen LogP contribution in [0.4, 0.5) is 11.8 Å². The number of likely N-dealkylation sites (tertiary alicyclic amines) is 1. The molecule has 6 rings (SSSR count). The van der Waals surface area contributed by atoms with Gasteiger partial charge in [-0.25, -0.2) is 9.97 Å². The van der Waals surface area contributed by atoms with Gasteiger partial charge in [0.15, 0.2) is 11.3 Å². The Bertz CT molecular complexity index is 1470. The molecule has 0 radical (unpaired) electrons. The van der Waals surface area contributed by atoms with Gasteiger partial charge in [-0.2, -0.15) is 5.10 Å². The molecule has 0 aliphatic carbocycles. The van der Waals surface area contributed by atoms with Gasteiger partial charge in [0.05, 0.1) is 23.8 Å². The summed E-state index contributed by atoms with van der Waals surface area (Å²) in [6.07, 6.45) is 7.37. The number of carbonyl (C=O) groups is 1. The molecule has 0 saturated carbocycles. The number of phenolic OH excluding ortho intramolecular Hbond substituents is 1. The van der Waals surface area contributed by atoms with Crippen molar-refractivity contribution in [2.45, 2.75) is 37.6 Å². The Labute approximate surface area is 225 Å². The summed E-state index contributed by atoms with van der Waals surface area (Å²) in [7, 11) is 0. The van der Waals surface area contributed by atoms with Gasteiger partial charge in [-0.05, 0) is 68.5 Å². The molecule has 4 N–H and O–H groups in total. The minimum absolute atomic E-state index is 0.101. The van der Waals surface area contributed by atoms with Gasteiger partial charge >= 0.3 is 5.97 Å². The predicted octanol–water partition coefficient (Wildman–Crippen LogP) is 2.68.